The number of aliphatic carboxylic acids is 2. The Kier molecular flexibility index (Phi) is 14.5. The van der Waals surface area contributed by atoms with Crippen LogP contribution in [0.1, 0.15) is 62.5 Å². The van der Waals surface area contributed by atoms with Crippen LogP contribution in [0.3, 0.4) is 0 Å². The van der Waals surface area contributed by atoms with E-state index in [9.17, 15) is 19.5 Å². The van der Waals surface area contributed by atoms with E-state index in [0.29, 0.717) is 13.0 Å². The van der Waals surface area contributed by atoms with Crippen LogP contribution in [0.2, 0.25) is 0 Å². The van der Waals surface area contributed by atoms with Gasteiger partial charge in [0.1, 0.15) is 6.61 Å². The summed E-state index contributed by atoms with van der Waals surface area (Å²) >= 11 is 0. The predicted molar refractivity (Wildman–Crippen MR) is 162 cm³/mol. The Morgan fingerprint density at radius 1 is 0.643 bits per heavy atom. The fourth-order valence-corrected chi connectivity index (χ4v) is 4.90. The van der Waals surface area contributed by atoms with Crippen LogP contribution in [0.4, 0.5) is 0 Å². The third-order valence-electron chi connectivity index (χ3n) is 7.17. The van der Waals surface area contributed by atoms with E-state index in [1.54, 1.807) is 0 Å². The van der Waals surface area contributed by atoms with Crippen LogP contribution in [0, 0.1) is 0 Å². The number of carbonyl (C=O) groups is 3. The van der Waals surface area contributed by atoms with Crippen molar-refractivity contribution in [2.45, 2.75) is 76.4 Å². The number of carbonyl (C=O) groups excluding carboxylic acids is 1. The summed E-state index contributed by atoms with van der Waals surface area (Å²) in [5, 5.41) is 23.8. The zero-order valence-electron chi connectivity index (χ0n) is 24.2. The summed E-state index contributed by atoms with van der Waals surface area (Å²) in [7, 11) is 0. The molecule has 226 valence electrons. The van der Waals surface area contributed by atoms with Crippen molar-refractivity contribution in [1.29, 1.82) is 0 Å². The lowest BCUT2D eigenvalue weighted by Gasteiger charge is -2.23. The van der Waals surface area contributed by atoms with E-state index in [0.717, 1.165) is 57.8 Å². The first-order valence-corrected chi connectivity index (χ1v) is 14.9. The minimum absolute atomic E-state index is 0.164. The minimum Gasteiger partial charge on any atom is -0.480 e. The summed E-state index contributed by atoms with van der Waals surface area (Å²) in [6.07, 6.45) is 6.13. The summed E-state index contributed by atoms with van der Waals surface area (Å²) in [4.78, 5) is 35.7. The molecule has 0 saturated carbocycles. The number of carboxylic acid groups (broad SMARTS) is 2. The van der Waals surface area contributed by atoms with E-state index in [2.05, 4.69) is 47.8 Å². The van der Waals surface area contributed by atoms with Gasteiger partial charge < -0.3 is 25.0 Å². The Labute approximate surface area is 248 Å². The molecule has 0 aromatic heterocycles. The maximum atomic E-state index is 12.9. The molecule has 3 N–H and O–H groups in total. The van der Waals surface area contributed by atoms with Crippen LogP contribution >= 0.6 is 0 Å². The number of fused-ring (bicyclic) bond motifs is 1. The summed E-state index contributed by atoms with van der Waals surface area (Å²) in [6.45, 7) is -0.287. The van der Waals surface area contributed by atoms with Gasteiger partial charge in [-0.05, 0) is 60.4 Å². The SMILES string of the molecule is O=C(O)COC(C(=O)O)C(OCCCCCc1ccc2ccccc2c1)C(=O)NCCCCCCCc1ccccc1. The molecule has 8 nitrogen and oxygen atoms in total. The first-order chi connectivity index (χ1) is 20.4. The predicted octanol–water partition coefficient (Wildman–Crippen LogP) is 5.80. The summed E-state index contributed by atoms with van der Waals surface area (Å²) in [6, 6.07) is 25.0. The molecule has 1 amide bonds. The Bertz CT molecular complexity index is 1250. The lowest BCUT2D eigenvalue weighted by atomic mass is 10.0. The molecule has 3 aromatic rings. The van der Waals surface area contributed by atoms with Crippen molar-refractivity contribution in [3.63, 3.8) is 0 Å². The zero-order valence-corrected chi connectivity index (χ0v) is 24.2. The molecule has 0 spiro atoms. The molecule has 42 heavy (non-hydrogen) atoms. The second-order valence-corrected chi connectivity index (χ2v) is 10.5. The van der Waals surface area contributed by atoms with Crippen molar-refractivity contribution >= 4 is 28.6 Å². The van der Waals surface area contributed by atoms with Gasteiger partial charge in [0.15, 0.2) is 12.2 Å². The van der Waals surface area contributed by atoms with Crippen LogP contribution in [0.25, 0.3) is 10.8 Å². The standard InChI is InChI=1S/C34H43NO7/c36-30(37)25-42-32(34(39)40)31(33(38)35-22-12-3-1-2-6-14-26-15-7-4-8-16-26)41-23-13-5-9-17-27-20-21-28-18-10-11-19-29(28)24-27/h4,7-8,10-11,15-16,18-21,24,31-32H,1-3,5-6,9,12-14,17,22-23,25H2,(H,35,38)(H,36,37)(H,39,40). The monoisotopic (exact) mass is 577 g/mol. The summed E-state index contributed by atoms with van der Waals surface area (Å²) < 4.78 is 10.8. The minimum atomic E-state index is -1.71. The van der Waals surface area contributed by atoms with Gasteiger partial charge in [-0.15, -0.1) is 0 Å². The van der Waals surface area contributed by atoms with Crippen LogP contribution in [0.15, 0.2) is 72.8 Å². The average molecular weight is 578 g/mol. The van der Waals surface area contributed by atoms with Gasteiger partial charge in [0.05, 0.1) is 0 Å². The number of unbranched alkanes of at least 4 members (excludes halogenated alkanes) is 6. The van der Waals surface area contributed by atoms with Gasteiger partial charge in [-0.1, -0.05) is 98.5 Å². The van der Waals surface area contributed by atoms with E-state index >= 15 is 0 Å². The number of rotatable bonds is 21. The Morgan fingerprint density at radius 2 is 1.29 bits per heavy atom. The zero-order chi connectivity index (χ0) is 30.0. The normalized spacial score (nSPS) is 12.6. The molecule has 0 aliphatic carbocycles. The fourth-order valence-electron chi connectivity index (χ4n) is 4.90. The molecule has 3 aromatic carbocycles. The number of hydrogen-bond donors (Lipinski definition) is 3. The Morgan fingerprint density at radius 3 is 2.02 bits per heavy atom. The largest absolute Gasteiger partial charge is 0.480 e. The van der Waals surface area contributed by atoms with Gasteiger partial charge in [-0.25, -0.2) is 9.59 Å². The molecule has 0 aliphatic heterocycles. The van der Waals surface area contributed by atoms with Crippen LogP contribution in [-0.2, 0) is 36.7 Å². The molecule has 0 radical (unpaired) electrons. The lowest BCUT2D eigenvalue weighted by Crippen LogP contribution is -2.49. The quantitative estimate of drug-likeness (QED) is 0.137. The van der Waals surface area contributed by atoms with Crippen LogP contribution in [-0.4, -0.2) is 60.0 Å². The number of amides is 1. The first-order valence-electron chi connectivity index (χ1n) is 14.9. The molecule has 2 atom stereocenters. The smallest absolute Gasteiger partial charge is 0.336 e. The second-order valence-electron chi connectivity index (χ2n) is 10.5. The highest BCUT2D eigenvalue weighted by Crippen LogP contribution is 2.17. The maximum absolute atomic E-state index is 12.9. The molecule has 0 bridgehead atoms. The van der Waals surface area contributed by atoms with E-state index in [-0.39, 0.29) is 6.61 Å². The van der Waals surface area contributed by atoms with Crippen molar-refractivity contribution in [2.75, 3.05) is 19.8 Å². The Balaban J connectivity index is 1.39. The van der Waals surface area contributed by atoms with Crippen molar-refractivity contribution in [2.24, 2.45) is 0 Å². The molecule has 0 aliphatic rings. The van der Waals surface area contributed by atoms with E-state index in [1.165, 1.54) is 21.9 Å². The number of benzene rings is 3. The summed E-state index contributed by atoms with van der Waals surface area (Å²) in [5.74, 6) is -3.36. The van der Waals surface area contributed by atoms with Gasteiger partial charge >= 0.3 is 11.9 Å². The van der Waals surface area contributed by atoms with Gasteiger partial charge in [-0.2, -0.15) is 0 Å². The third kappa shape index (κ3) is 12.0. The van der Waals surface area contributed by atoms with Gasteiger partial charge in [0.25, 0.3) is 5.91 Å². The summed E-state index contributed by atoms with van der Waals surface area (Å²) in [5.41, 5.74) is 2.58. The van der Waals surface area contributed by atoms with Crippen LogP contribution in [0.5, 0.6) is 0 Å². The first kappa shape index (κ1) is 32.8. The molecule has 3 rings (SSSR count). The number of hydrogen-bond acceptors (Lipinski definition) is 5. The van der Waals surface area contributed by atoms with Crippen molar-refractivity contribution < 1.29 is 34.1 Å². The van der Waals surface area contributed by atoms with Gasteiger partial charge in [0.2, 0.25) is 0 Å². The molecule has 8 heteroatoms. The molecule has 0 saturated heterocycles. The number of aryl methyl sites for hydroxylation is 2. The van der Waals surface area contributed by atoms with E-state index < -0.39 is 36.7 Å². The number of nitrogens with one attached hydrogen (secondary N) is 1. The highest BCUT2D eigenvalue weighted by Gasteiger charge is 2.36. The van der Waals surface area contributed by atoms with Crippen molar-refractivity contribution in [1.82, 2.24) is 5.32 Å². The van der Waals surface area contributed by atoms with E-state index in [1.807, 2.05) is 30.3 Å². The molecular formula is C34H43NO7. The molecular weight excluding hydrogens is 534 g/mol. The second kappa shape index (κ2) is 18.6. The molecule has 2 unspecified atom stereocenters. The van der Waals surface area contributed by atoms with Crippen LogP contribution < -0.4 is 5.32 Å². The van der Waals surface area contributed by atoms with Gasteiger partial charge in [0, 0.05) is 13.2 Å². The number of carboxylic acids is 2. The van der Waals surface area contributed by atoms with E-state index in [4.69, 9.17) is 14.6 Å². The fraction of sp³-hybridized carbons (Fsp3) is 0.441. The number of ether oxygens (including phenoxy) is 2. The topological polar surface area (TPSA) is 122 Å². The Hall–Kier alpha value is -3.75. The third-order valence-corrected chi connectivity index (χ3v) is 7.17. The van der Waals surface area contributed by atoms with Gasteiger partial charge in [-0.3, -0.25) is 4.79 Å². The maximum Gasteiger partial charge on any atom is 0.336 e. The highest BCUT2D eigenvalue weighted by atomic mass is 16.6. The van der Waals surface area contributed by atoms with Crippen molar-refractivity contribution in [3.05, 3.63) is 83.9 Å². The van der Waals surface area contributed by atoms with Crippen molar-refractivity contribution in [3.8, 4) is 0 Å². The molecule has 0 fully saturated rings. The lowest BCUT2D eigenvalue weighted by molar-refractivity contribution is -0.172. The average Bonchev–Trinajstić information content (AvgIpc) is 2.99. The molecule has 0 heterocycles. The highest BCUT2D eigenvalue weighted by molar-refractivity contribution is 5.88.